The van der Waals surface area contributed by atoms with E-state index in [-0.39, 0.29) is 36.1 Å². The first-order valence-corrected chi connectivity index (χ1v) is 9.20. The highest BCUT2D eigenvalue weighted by atomic mass is 16.2. The molecule has 1 N–H and O–H groups in total. The molecule has 0 radical (unpaired) electrons. The van der Waals surface area contributed by atoms with Crippen molar-refractivity contribution in [1.82, 2.24) is 25.0 Å². The topological polar surface area (TPSA) is 97.2 Å². The van der Waals surface area contributed by atoms with Crippen LogP contribution in [0.3, 0.4) is 0 Å². The van der Waals surface area contributed by atoms with Gasteiger partial charge in [0, 0.05) is 25.1 Å². The highest BCUT2D eigenvalue weighted by Crippen LogP contribution is 2.37. The fourth-order valence-corrected chi connectivity index (χ4v) is 3.89. The van der Waals surface area contributed by atoms with Crippen LogP contribution < -0.4 is 5.32 Å². The summed E-state index contributed by atoms with van der Waals surface area (Å²) in [6.07, 6.45) is 8.55. The Morgan fingerprint density at radius 2 is 1.89 bits per heavy atom. The molecule has 2 aliphatic rings. The van der Waals surface area contributed by atoms with Gasteiger partial charge in [-0.1, -0.05) is 12.8 Å². The van der Waals surface area contributed by atoms with Crippen molar-refractivity contribution in [2.24, 2.45) is 11.8 Å². The van der Waals surface area contributed by atoms with Crippen molar-refractivity contribution in [2.75, 3.05) is 6.54 Å². The standard InChI is InChI=1S/C19H21N5O3/c25-17(12-23-18(26)14-4-1-2-5-15(14)19(23)27)21-11-13-6-8-20-16(10-13)24-9-3-7-22-24/h3,6-10,14-15H,1-2,4-5,11-12H2,(H,21,25). The molecule has 8 nitrogen and oxygen atoms in total. The normalized spacial score (nSPS) is 22.0. The summed E-state index contributed by atoms with van der Waals surface area (Å²) >= 11 is 0. The average molecular weight is 367 g/mol. The summed E-state index contributed by atoms with van der Waals surface area (Å²) < 4.78 is 1.63. The van der Waals surface area contributed by atoms with Crippen LogP contribution in [0.2, 0.25) is 0 Å². The van der Waals surface area contributed by atoms with Crippen LogP contribution in [-0.2, 0) is 20.9 Å². The summed E-state index contributed by atoms with van der Waals surface area (Å²) in [6.45, 7) is 0.0838. The Morgan fingerprint density at radius 1 is 1.15 bits per heavy atom. The van der Waals surface area contributed by atoms with Gasteiger partial charge in [-0.2, -0.15) is 5.10 Å². The Hall–Kier alpha value is -3.03. The molecule has 140 valence electrons. The first-order chi connectivity index (χ1) is 13.1. The zero-order chi connectivity index (χ0) is 18.8. The molecule has 2 atom stereocenters. The molecule has 1 saturated carbocycles. The molecule has 3 heterocycles. The molecule has 0 spiro atoms. The van der Waals surface area contributed by atoms with E-state index in [4.69, 9.17) is 0 Å². The average Bonchev–Trinajstić information content (AvgIpc) is 3.31. The third kappa shape index (κ3) is 3.47. The lowest BCUT2D eigenvalue weighted by Crippen LogP contribution is -2.40. The highest BCUT2D eigenvalue weighted by Gasteiger charge is 2.48. The Balaban J connectivity index is 1.36. The second kappa shape index (κ2) is 7.30. The molecule has 1 aliphatic heterocycles. The van der Waals surface area contributed by atoms with Gasteiger partial charge >= 0.3 is 0 Å². The van der Waals surface area contributed by atoms with E-state index < -0.39 is 0 Å². The number of likely N-dealkylation sites (tertiary alicyclic amines) is 1. The van der Waals surface area contributed by atoms with E-state index in [9.17, 15) is 14.4 Å². The number of aromatic nitrogens is 3. The largest absolute Gasteiger partial charge is 0.350 e. The van der Waals surface area contributed by atoms with E-state index in [0.29, 0.717) is 12.4 Å². The van der Waals surface area contributed by atoms with Crippen molar-refractivity contribution >= 4 is 17.7 Å². The first kappa shape index (κ1) is 17.4. The second-order valence-electron chi connectivity index (χ2n) is 7.01. The number of fused-ring (bicyclic) bond motifs is 1. The molecule has 2 unspecified atom stereocenters. The summed E-state index contributed by atoms with van der Waals surface area (Å²) in [7, 11) is 0. The third-order valence-corrected chi connectivity index (χ3v) is 5.27. The number of nitrogens with zero attached hydrogens (tertiary/aromatic N) is 4. The number of hydrogen-bond acceptors (Lipinski definition) is 5. The molecule has 0 aromatic carbocycles. The van der Waals surface area contributed by atoms with Crippen molar-refractivity contribution in [2.45, 2.75) is 32.2 Å². The van der Waals surface area contributed by atoms with Crippen LogP contribution in [0.25, 0.3) is 5.82 Å². The summed E-state index contributed by atoms with van der Waals surface area (Å²) in [6, 6.07) is 5.43. The van der Waals surface area contributed by atoms with Crippen molar-refractivity contribution in [1.29, 1.82) is 0 Å². The maximum atomic E-state index is 12.4. The van der Waals surface area contributed by atoms with E-state index in [1.807, 2.05) is 6.07 Å². The zero-order valence-electron chi connectivity index (χ0n) is 14.9. The maximum Gasteiger partial charge on any atom is 0.240 e. The molecule has 1 saturated heterocycles. The van der Waals surface area contributed by atoms with Crippen LogP contribution in [-0.4, -0.2) is 43.9 Å². The van der Waals surface area contributed by atoms with Gasteiger partial charge < -0.3 is 5.32 Å². The second-order valence-corrected chi connectivity index (χ2v) is 7.01. The lowest BCUT2D eigenvalue weighted by molar-refractivity contribution is -0.143. The molecule has 8 heteroatoms. The lowest BCUT2D eigenvalue weighted by atomic mass is 9.81. The molecule has 1 aliphatic carbocycles. The number of rotatable bonds is 5. The minimum absolute atomic E-state index is 0.190. The number of carbonyl (C=O) groups is 3. The van der Waals surface area contributed by atoms with Crippen LogP contribution in [0.5, 0.6) is 0 Å². The molecule has 27 heavy (non-hydrogen) atoms. The molecule has 0 bridgehead atoms. The SMILES string of the molecule is O=C(CN1C(=O)C2CCCCC2C1=O)NCc1ccnc(-n2cccn2)c1. The number of amides is 3. The van der Waals surface area contributed by atoms with Gasteiger partial charge in [-0.25, -0.2) is 9.67 Å². The van der Waals surface area contributed by atoms with Crippen molar-refractivity contribution < 1.29 is 14.4 Å². The van der Waals surface area contributed by atoms with Crippen molar-refractivity contribution in [3.05, 3.63) is 42.4 Å². The predicted molar refractivity (Wildman–Crippen MR) is 95.4 cm³/mol. The third-order valence-electron chi connectivity index (χ3n) is 5.27. The molecule has 3 amide bonds. The van der Waals surface area contributed by atoms with Crippen molar-refractivity contribution in [3.8, 4) is 5.82 Å². The summed E-state index contributed by atoms with van der Waals surface area (Å²) in [4.78, 5) is 42.6. The summed E-state index contributed by atoms with van der Waals surface area (Å²) in [5.74, 6) is -0.519. The van der Waals surface area contributed by atoms with Gasteiger partial charge in [-0.3, -0.25) is 19.3 Å². The zero-order valence-corrected chi connectivity index (χ0v) is 14.9. The Morgan fingerprint density at radius 3 is 2.56 bits per heavy atom. The van der Waals surface area contributed by atoms with Gasteiger partial charge in [0.25, 0.3) is 0 Å². The molecule has 4 rings (SSSR count). The molecule has 2 aromatic rings. The van der Waals surface area contributed by atoms with E-state index in [2.05, 4.69) is 15.4 Å². The van der Waals surface area contributed by atoms with E-state index >= 15 is 0 Å². The predicted octanol–water partition coefficient (Wildman–Crippen LogP) is 1.06. The van der Waals surface area contributed by atoms with Crippen LogP contribution >= 0.6 is 0 Å². The van der Waals surface area contributed by atoms with E-state index in [1.165, 1.54) is 0 Å². The Bertz CT molecular complexity index is 840. The van der Waals surface area contributed by atoms with Crippen LogP contribution in [0.1, 0.15) is 31.2 Å². The molecule has 2 aromatic heterocycles. The van der Waals surface area contributed by atoms with E-state index in [1.54, 1.807) is 35.4 Å². The van der Waals surface area contributed by atoms with Gasteiger partial charge in [0.15, 0.2) is 5.82 Å². The quantitative estimate of drug-likeness (QED) is 0.797. The minimum atomic E-state index is -0.340. The van der Waals surface area contributed by atoms with Gasteiger partial charge in [-0.15, -0.1) is 0 Å². The van der Waals surface area contributed by atoms with Gasteiger partial charge in [0.1, 0.15) is 6.54 Å². The molecular formula is C19H21N5O3. The van der Waals surface area contributed by atoms with Gasteiger partial charge in [0.05, 0.1) is 11.8 Å². The van der Waals surface area contributed by atoms with Crippen LogP contribution in [0, 0.1) is 11.8 Å². The Kier molecular flexibility index (Phi) is 4.70. The van der Waals surface area contributed by atoms with Gasteiger partial charge in [-0.05, 0) is 36.6 Å². The number of nitrogens with one attached hydrogen (secondary N) is 1. The summed E-state index contributed by atoms with van der Waals surface area (Å²) in [5.41, 5.74) is 0.858. The summed E-state index contributed by atoms with van der Waals surface area (Å²) in [5, 5.41) is 6.91. The molecular weight excluding hydrogens is 346 g/mol. The fraction of sp³-hybridized carbons (Fsp3) is 0.421. The van der Waals surface area contributed by atoms with Crippen LogP contribution in [0.15, 0.2) is 36.8 Å². The first-order valence-electron chi connectivity index (χ1n) is 9.20. The number of hydrogen-bond donors (Lipinski definition) is 1. The molecule has 2 fully saturated rings. The van der Waals surface area contributed by atoms with Crippen LogP contribution in [0.4, 0.5) is 0 Å². The lowest BCUT2D eigenvalue weighted by Gasteiger charge is -2.19. The van der Waals surface area contributed by atoms with E-state index in [0.717, 1.165) is 36.1 Å². The minimum Gasteiger partial charge on any atom is -0.350 e. The number of pyridine rings is 1. The number of imide groups is 1. The monoisotopic (exact) mass is 367 g/mol. The maximum absolute atomic E-state index is 12.4. The Labute approximate surface area is 156 Å². The number of carbonyl (C=O) groups excluding carboxylic acids is 3. The van der Waals surface area contributed by atoms with Crippen molar-refractivity contribution in [3.63, 3.8) is 0 Å². The highest BCUT2D eigenvalue weighted by molar-refractivity contribution is 6.07. The fourth-order valence-electron chi connectivity index (χ4n) is 3.89. The smallest absolute Gasteiger partial charge is 0.240 e. The van der Waals surface area contributed by atoms with Gasteiger partial charge in [0.2, 0.25) is 17.7 Å².